The number of carbonyl (C=O) groups is 3. The smallest absolute Gasteiger partial charge is 0.408 e. The number of ether oxygens (including phenoxy) is 1. The van der Waals surface area contributed by atoms with Crippen LogP contribution < -0.4 is 16.0 Å². The minimum absolute atomic E-state index is 0.0537. The van der Waals surface area contributed by atoms with Crippen LogP contribution in [0.1, 0.15) is 39.7 Å². The van der Waals surface area contributed by atoms with Crippen LogP contribution in [0.2, 0.25) is 0 Å². The molecule has 0 fully saturated rings. The largest absolute Gasteiger partial charge is 0.504 e. The van der Waals surface area contributed by atoms with Crippen LogP contribution in [0.25, 0.3) is 4.98 Å². The van der Waals surface area contributed by atoms with Crippen LogP contribution >= 0.6 is 0 Å². The summed E-state index contributed by atoms with van der Waals surface area (Å²) in [5, 5.41) is 25.6. The van der Waals surface area contributed by atoms with Gasteiger partial charge in [-0.3, -0.25) is 20.2 Å². The molecule has 0 unspecified atom stereocenters. The van der Waals surface area contributed by atoms with Crippen molar-refractivity contribution >= 4 is 17.9 Å². The number of benzene rings is 1. The van der Waals surface area contributed by atoms with Gasteiger partial charge in [-0.05, 0) is 23.8 Å². The molecule has 3 amide bonds. The van der Waals surface area contributed by atoms with E-state index in [0.717, 1.165) is 11.8 Å². The summed E-state index contributed by atoms with van der Waals surface area (Å²) in [5.74, 6) is -1.68. The monoisotopic (exact) mass is 446 g/mol. The molecule has 4 N–H and O–H groups in total. The standard InChI is InChI=1S/C22H31N5O5/c1-14(2)10-18(26-22(31)32-13-16-8-6-5-7-9-16)20(29)27-21(30)19(15(3)4)24-11-17(28)12-25-23/h5-9,12,14-15,18-19,24H,10-11,13H2,1-4H3,(H2-,26,27,28,29,30,31)/p+1/b17-12-/t18-,19-/m0/s1. The Labute approximate surface area is 188 Å². The van der Waals surface area contributed by atoms with Gasteiger partial charge < -0.3 is 15.2 Å². The average Bonchev–Trinajstić information content (AvgIpc) is 2.72. The van der Waals surface area contributed by atoms with E-state index in [1.165, 1.54) is 0 Å². The maximum absolute atomic E-state index is 12.7. The zero-order valence-corrected chi connectivity index (χ0v) is 18.9. The van der Waals surface area contributed by atoms with E-state index >= 15 is 0 Å². The van der Waals surface area contributed by atoms with E-state index in [0.29, 0.717) is 6.42 Å². The second kappa shape index (κ2) is 13.8. The van der Waals surface area contributed by atoms with E-state index in [1.807, 2.05) is 44.2 Å². The molecule has 10 nitrogen and oxygen atoms in total. The second-order valence-electron chi connectivity index (χ2n) is 8.08. The van der Waals surface area contributed by atoms with Gasteiger partial charge in [0.05, 0.1) is 12.6 Å². The molecule has 0 spiro atoms. The molecule has 0 bridgehead atoms. The van der Waals surface area contributed by atoms with E-state index in [-0.39, 0.29) is 30.7 Å². The molecule has 1 aromatic carbocycles. The molecular weight excluding hydrogens is 414 g/mol. The fraction of sp³-hybridized carbons (Fsp3) is 0.500. The second-order valence-corrected chi connectivity index (χ2v) is 8.08. The Hall–Kier alpha value is -3.45. The molecule has 0 aliphatic heterocycles. The number of hydrogen-bond donors (Lipinski definition) is 4. The molecular formula is C22H32N5O5+. The zero-order chi connectivity index (χ0) is 24.1. The number of hydrogen-bond acceptors (Lipinski definition) is 7. The first-order valence-electron chi connectivity index (χ1n) is 10.4. The number of nitrogens with zero attached hydrogens (tertiary/aromatic N) is 2. The van der Waals surface area contributed by atoms with Crippen molar-refractivity contribution in [1.82, 2.24) is 16.0 Å². The van der Waals surface area contributed by atoms with Gasteiger partial charge >= 0.3 is 12.3 Å². The van der Waals surface area contributed by atoms with Crippen LogP contribution in [-0.4, -0.2) is 41.6 Å². The highest BCUT2D eigenvalue weighted by atomic mass is 16.5. The number of diazo groups is 1. The van der Waals surface area contributed by atoms with Crippen molar-refractivity contribution in [2.24, 2.45) is 11.8 Å². The predicted molar refractivity (Wildman–Crippen MR) is 119 cm³/mol. The van der Waals surface area contributed by atoms with E-state index in [4.69, 9.17) is 10.1 Å². The molecule has 0 radical (unpaired) electrons. The maximum atomic E-state index is 12.7. The topological polar surface area (TPSA) is 145 Å². The zero-order valence-electron chi connectivity index (χ0n) is 18.9. The molecule has 0 aliphatic carbocycles. The van der Waals surface area contributed by atoms with Crippen LogP contribution in [0, 0.1) is 17.2 Å². The minimum atomic E-state index is -0.962. The summed E-state index contributed by atoms with van der Waals surface area (Å²) in [6.07, 6.45) is 0.376. The van der Waals surface area contributed by atoms with Crippen LogP contribution in [0.15, 0.2) is 42.3 Å². The van der Waals surface area contributed by atoms with Crippen LogP contribution in [0.3, 0.4) is 0 Å². The van der Waals surface area contributed by atoms with Gasteiger partial charge in [0, 0.05) is 0 Å². The number of carbonyl (C=O) groups excluding carboxylic acids is 3. The van der Waals surface area contributed by atoms with Gasteiger partial charge in [-0.2, -0.15) is 0 Å². The Morgan fingerprint density at radius 1 is 1.12 bits per heavy atom. The average molecular weight is 447 g/mol. The lowest BCUT2D eigenvalue weighted by atomic mass is 10.0. The van der Waals surface area contributed by atoms with E-state index in [2.05, 4.69) is 20.9 Å². The Kier molecular flexibility index (Phi) is 11.4. The van der Waals surface area contributed by atoms with Crippen LogP contribution in [0.5, 0.6) is 0 Å². The van der Waals surface area contributed by atoms with Crippen molar-refractivity contribution in [3.8, 4) is 0 Å². The molecule has 2 atom stereocenters. The quantitative estimate of drug-likeness (QED) is 0.302. The normalized spacial score (nSPS) is 13.2. The van der Waals surface area contributed by atoms with Crippen molar-refractivity contribution in [1.29, 1.82) is 5.39 Å². The third-order valence-corrected chi connectivity index (χ3v) is 4.43. The number of rotatable bonds is 11. The number of imide groups is 1. The first-order valence-corrected chi connectivity index (χ1v) is 10.4. The first-order chi connectivity index (χ1) is 15.1. The lowest BCUT2D eigenvalue weighted by Crippen LogP contribution is -2.54. The van der Waals surface area contributed by atoms with E-state index in [9.17, 15) is 19.5 Å². The molecule has 0 saturated carbocycles. The van der Waals surface area contributed by atoms with Gasteiger partial charge in [0.2, 0.25) is 17.2 Å². The SMILES string of the molecule is CC(C)C[C@H](NC(=O)OCc1ccccc1)C(=O)NC(=O)[C@@H](NC/C(O)=C/[N+]#N)C(C)C. The van der Waals surface area contributed by atoms with Crippen LogP contribution in [-0.2, 0) is 20.9 Å². The third-order valence-electron chi connectivity index (χ3n) is 4.43. The highest BCUT2D eigenvalue weighted by Crippen LogP contribution is 2.08. The lowest BCUT2D eigenvalue weighted by molar-refractivity contribution is -0.133. The summed E-state index contributed by atoms with van der Waals surface area (Å²) >= 11 is 0. The highest BCUT2D eigenvalue weighted by molar-refractivity contribution is 6.00. The summed E-state index contributed by atoms with van der Waals surface area (Å²) in [5.41, 5.74) is 0.805. The molecule has 1 aromatic rings. The molecule has 174 valence electrons. The van der Waals surface area contributed by atoms with Crippen molar-refractivity contribution < 1.29 is 24.2 Å². The maximum Gasteiger partial charge on any atom is 0.408 e. The molecule has 0 saturated heterocycles. The number of alkyl carbamates (subject to hydrolysis) is 1. The molecule has 10 heteroatoms. The van der Waals surface area contributed by atoms with Crippen molar-refractivity contribution in [2.75, 3.05) is 6.54 Å². The van der Waals surface area contributed by atoms with Gasteiger partial charge in [0.1, 0.15) is 12.6 Å². The third kappa shape index (κ3) is 10.0. The molecule has 1 rings (SSSR count). The molecule has 0 aromatic heterocycles. The van der Waals surface area contributed by atoms with Crippen molar-refractivity contribution in [2.45, 2.75) is 52.8 Å². The Bertz CT molecular complexity index is 833. The van der Waals surface area contributed by atoms with Gasteiger partial charge in [0.25, 0.3) is 0 Å². The summed E-state index contributed by atoms with van der Waals surface area (Å²) in [4.78, 5) is 40.3. The fourth-order valence-electron chi connectivity index (χ4n) is 2.85. The number of aliphatic hydroxyl groups excluding tert-OH is 1. The van der Waals surface area contributed by atoms with Crippen molar-refractivity contribution in [3.63, 3.8) is 0 Å². The Morgan fingerprint density at radius 3 is 2.34 bits per heavy atom. The minimum Gasteiger partial charge on any atom is -0.504 e. The van der Waals surface area contributed by atoms with Gasteiger partial charge in [0.15, 0.2) is 10.7 Å². The van der Waals surface area contributed by atoms with Gasteiger partial charge in [-0.1, -0.05) is 58.0 Å². The Morgan fingerprint density at radius 2 is 1.78 bits per heavy atom. The Balaban J connectivity index is 2.73. The molecule has 0 aliphatic rings. The number of aliphatic hydroxyl groups is 1. The summed E-state index contributed by atoms with van der Waals surface area (Å²) < 4.78 is 5.18. The summed E-state index contributed by atoms with van der Waals surface area (Å²) in [6.45, 7) is 7.23. The number of amides is 3. The summed E-state index contributed by atoms with van der Waals surface area (Å²) in [6, 6.07) is 7.35. The van der Waals surface area contributed by atoms with Crippen molar-refractivity contribution in [3.05, 3.63) is 52.8 Å². The predicted octanol–water partition coefficient (Wildman–Crippen LogP) is 2.84. The fourth-order valence-corrected chi connectivity index (χ4v) is 2.85. The first kappa shape index (κ1) is 26.6. The molecule has 32 heavy (non-hydrogen) atoms. The van der Waals surface area contributed by atoms with E-state index in [1.54, 1.807) is 13.8 Å². The van der Waals surface area contributed by atoms with Crippen LogP contribution in [0.4, 0.5) is 4.79 Å². The highest BCUT2D eigenvalue weighted by Gasteiger charge is 2.29. The van der Waals surface area contributed by atoms with Gasteiger partial charge in [-0.15, -0.1) is 0 Å². The molecule has 0 heterocycles. The van der Waals surface area contributed by atoms with Gasteiger partial charge in [-0.25, -0.2) is 4.79 Å². The lowest BCUT2D eigenvalue weighted by Gasteiger charge is -2.23. The summed E-state index contributed by atoms with van der Waals surface area (Å²) in [7, 11) is 0. The number of nitrogens with one attached hydrogen (secondary N) is 3. The van der Waals surface area contributed by atoms with E-state index < -0.39 is 30.0 Å².